The summed E-state index contributed by atoms with van der Waals surface area (Å²) in [6.45, 7) is 5.01. The van der Waals surface area contributed by atoms with Crippen LogP contribution >= 0.6 is 0 Å². The Morgan fingerprint density at radius 2 is 2.15 bits per heavy atom. The van der Waals surface area contributed by atoms with Gasteiger partial charge in [0.1, 0.15) is 11.3 Å². The number of amides is 1. The minimum atomic E-state index is -0.207. The van der Waals surface area contributed by atoms with Crippen LogP contribution in [0.3, 0.4) is 0 Å². The lowest BCUT2D eigenvalue weighted by Crippen LogP contribution is -2.36. The van der Waals surface area contributed by atoms with Crippen LogP contribution in [0.25, 0.3) is 11.0 Å². The van der Waals surface area contributed by atoms with Crippen LogP contribution in [-0.2, 0) is 11.2 Å². The van der Waals surface area contributed by atoms with E-state index >= 15 is 0 Å². The highest BCUT2D eigenvalue weighted by Crippen LogP contribution is 2.27. The zero-order valence-electron chi connectivity index (χ0n) is 12.1. The molecule has 3 N–H and O–H groups in total. The number of hydrogen-bond acceptors (Lipinski definition) is 3. The van der Waals surface area contributed by atoms with E-state index in [2.05, 4.69) is 5.32 Å². The van der Waals surface area contributed by atoms with Gasteiger partial charge in [-0.2, -0.15) is 0 Å². The van der Waals surface area contributed by atoms with Crippen LogP contribution in [0.4, 0.5) is 0 Å². The summed E-state index contributed by atoms with van der Waals surface area (Å²) < 4.78 is 5.73. The highest BCUT2D eigenvalue weighted by molar-refractivity contribution is 5.84. The van der Waals surface area contributed by atoms with Crippen LogP contribution in [-0.4, -0.2) is 19.0 Å². The molecule has 4 heteroatoms. The fourth-order valence-electron chi connectivity index (χ4n) is 2.40. The molecule has 0 saturated carbocycles. The molecule has 1 amide bonds. The summed E-state index contributed by atoms with van der Waals surface area (Å²) in [5, 5.41) is 3.99. The number of aryl methyl sites for hydroxylation is 1. The first-order chi connectivity index (χ1) is 9.67. The van der Waals surface area contributed by atoms with Gasteiger partial charge in [-0.05, 0) is 25.8 Å². The summed E-state index contributed by atoms with van der Waals surface area (Å²) >= 11 is 0. The van der Waals surface area contributed by atoms with Crippen LogP contribution < -0.4 is 11.1 Å². The lowest BCUT2D eigenvalue weighted by molar-refractivity contribution is -0.124. The van der Waals surface area contributed by atoms with Crippen molar-refractivity contribution >= 4 is 16.9 Å². The first-order valence-electron chi connectivity index (χ1n) is 7.12. The zero-order valence-corrected chi connectivity index (χ0v) is 12.1. The van der Waals surface area contributed by atoms with Gasteiger partial charge in [-0.25, -0.2) is 0 Å². The Hall–Kier alpha value is -1.81. The average molecular weight is 274 g/mol. The molecular formula is C16H22N2O2. The first-order valence-corrected chi connectivity index (χ1v) is 7.12. The van der Waals surface area contributed by atoms with Gasteiger partial charge in [0.15, 0.2) is 0 Å². The normalized spacial score (nSPS) is 12.6. The number of benzene rings is 1. The topological polar surface area (TPSA) is 68.3 Å². The van der Waals surface area contributed by atoms with Gasteiger partial charge >= 0.3 is 0 Å². The second kappa shape index (κ2) is 6.57. The number of carbonyl (C=O) groups is 1. The predicted molar refractivity (Wildman–Crippen MR) is 80.5 cm³/mol. The van der Waals surface area contributed by atoms with Crippen molar-refractivity contribution in [3.05, 3.63) is 35.6 Å². The summed E-state index contributed by atoms with van der Waals surface area (Å²) in [6, 6.07) is 7.90. The van der Waals surface area contributed by atoms with E-state index in [4.69, 9.17) is 10.2 Å². The Morgan fingerprint density at radius 1 is 1.40 bits per heavy atom. The molecule has 1 atom stereocenters. The van der Waals surface area contributed by atoms with Crippen molar-refractivity contribution in [3.8, 4) is 0 Å². The van der Waals surface area contributed by atoms with Gasteiger partial charge in [0.25, 0.3) is 0 Å². The summed E-state index contributed by atoms with van der Waals surface area (Å²) in [7, 11) is 0. The molecule has 2 rings (SSSR count). The highest BCUT2D eigenvalue weighted by atomic mass is 16.3. The third kappa shape index (κ3) is 3.02. The van der Waals surface area contributed by atoms with Gasteiger partial charge in [0, 0.05) is 24.0 Å². The summed E-state index contributed by atoms with van der Waals surface area (Å²) in [6.07, 6.45) is 1.55. The molecule has 108 valence electrons. The molecular weight excluding hydrogens is 252 g/mol. The van der Waals surface area contributed by atoms with Gasteiger partial charge in [-0.1, -0.05) is 25.1 Å². The highest BCUT2D eigenvalue weighted by Gasteiger charge is 2.21. The van der Waals surface area contributed by atoms with E-state index in [9.17, 15) is 4.79 Å². The van der Waals surface area contributed by atoms with E-state index in [1.165, 1.54) is 0 Å². The van der Waals surface area contributed by atoms with Gasteiger partial charge in [-0.15, -0.1) is 0 Å². The number of nitrogens with two attached hydrogens (primary N) is 1. The van der Waals surface area contributed by atoms with Crippen LogP contribution in [0.1, 0.15) is 24.7 Å². The molecule has 1 aromatic heterocycles. The molecule has 0 aliphatic carbocycles. The van der Waals surface area contributed by atoms with Crippen molar-refractivity contribution in [2.75, 3.05) is 13.1 Å². The largest absolute Gasteiger partial charge is 0.461 e. The molecule has 0 aliphatic rings. The third-order valence-corrected chi connectivity index (χ3v) is 3.56. The number of furan rings is 1. The van der Waals surface area contributed by atoms with E-state index in [1.54, 1.807) is 0 Å². The standard InChI is InChI=1S/C16H22N2O2/c1-3-8-18-16(19)12(10-17)9-14-11(2)20-15-7-5-4-6-13(14)15/h4-7,12H,3,8-10,17H2,1-2H3,(H,18,19). The number of rotatable bonds is 6. The number of para-hydroxylation sites is 1. The maximum Gasteiger partial charge on any atom is 0.224 e. The van der Waals surface area contributed by atoms with Crippen molar-refractivity contribution in [2.24, 2.45) is 11.7 Å². The maximum atomic E-state index is 12.1. The molecule has 1 unspecified atom stereocenters. The second-order valence-corrected chi connectivity index (χ2v) is 5.06. The van der Waals surface area contributed by atoms with Crippen LogP contribution in [0.15, 0.2) is 28.7 Å². The maximum absolute atomic E-state index is 12.1. The Labute approximate surface area is 119 Å². The van der Waals surface area contributed by atoms with E-state index in [-0.39, 0.29) is 11.8 Å². The zero-order chi connectivity index (χ0) is 14.5. The lowest BCUT2D eigenvalue weighted by Gasteiger charge is -2.14. The van der Waals surface area contributed by atoms with E-state index in [0.29, 0.717) is 19.5 Å². The summed E-state index contributed by atoms with van der Waals surface area (Å²) in [5.41, 5.74) is 7.72. The molecule has 0 fully saturated rings. The van der Waals surface area contributed by atoms with Crippen LogP contribution in [0.5, 0.6) is 0 Å². The molecule has 0 bridgehead atoms. The Kier molecular flexibility index (Phi) is 4.79. The Balaban J connectivity index is 2.21. The molecule has 0 radical (unpaired) electrons. The molecule has 4 nitrogen and oxygen atoms in total. The van der Waals surface area contributed by atoms with Crippen molar-refractivity contribution in [2.45, 2.75) is 26.7 Å². The molecule has 2 aromatic rings. The monoisotopic (exact) mass is 274 g/mol. The van der Waals surface area contributed by atoms with Crippen molar-refractivity contribution in [3.63, 3.8) is 0 Å². The lowest BCUT2D eigenvalue weighted by atomic mass is 9.96. The predicted octanol–water partition coefficient (Wildman–Crippen LogP) is 2.38. The molecule has 0 saturated heterocycles. The fourth-order valence-corrected chi connectivity index (χ4v) is 2.40. The fraction of sp³-hybridized carbons (Fsp3) is 0.438. The average Bonchev–Trinajstić information content (AvgIpc) is 2.77. The van der Waals surface area contributed by atoms with Crippen LogP contribution in [0.2, 0.25) is 0 Å². The van der Waals surface area contributed by atoms with Crippen LogP contribution in [0, 0.1) is 12.8 Å². The first kappa shape index (κ1) is 14.6. The Bertz CT molecular complexity index is 589. The molecule has 0 spiro atoms. The van der Waals surface area contributed by atoms with Crippen molar-refractivity contribution in [1.82, 2.24) is 5.32 Å². The molecule has 1 heterocycles. The molecule has 1 aromatic carbocycles. The van der Waals surface area contributed by atoms with Crippen molar-refractivity contribution in [1.29, 1.82) is 0 Å². The third-order valence-electron chi connectivity index (χ3n) is 3.56. The number of fused-ring (bicyclic) bond motifs is 1. The van der Waals surface area contributed by atoms with E-state index in [0.717, 1.165) is 28.7 Å². The number of hydrogen-bond donors (Lipinski definition) is 2. The second-order valence-electron chi connectivity index (χ2n) is 5.06. The van der Waals surface area contributed by atoms with Gasteiger partial charge in [0.05, 0.1) is 5.92 Å². The SMILES string of the molecule is CCCNC(=O)C(CN)Cc1c(C)oc2ccccc12. The number of carbonyl (C=O) groups excluding carboxylic acids is 1. The minimum Gasteiger partial charge on any atom is -0.461 e. The smallest absolute Gasteiger partial charge is 0.224 e. The molecule has 0 aliphatic heterocycles. The van der Waals surface area contributed by atoms with Crippen molar-refractivity contribution < 1.29 is 9.21 Å². The molecule has 20 heavy (non-hydrogen) atoms. The van der Waals surface area contributed by atoms with Gasteiger partial charge < -0.3 is 15.5 Å². The quantitative estimate of drug-likeness (QED) is 0.849. The van der Waals surface area contributed by atoms with Gasteiger partial charge in [-0.3, -0.25) is 4.79 Å². The number of nitrogens with one attached hydrogen (secondary N) is 1. The minimum absolute atomic E-state index is 0.0269. The van der Waals surface area contributed by atoms with E-state index < -0.39 is 0 Å². The van der Waals surface area contributed by atoms with E-state index in [1.807, 2.05) is 38.1 Å². The Morgan fingerprint density at radius 3 is 2.85 bits per heavy atom. The summed E-state index contributed by atoms with van der Waals surface area (Å²) in [4.78, 5) is 12.1. The summed E-state index contributed by atoms with van der Waals surface area (Å²) in [5.74, 6) is 0.688. The van der Waals surface area contributed by atoms with Gasteiger partial charge in [0.2, 0.25) is 5.91 Å².